The summed E-state index contributed by atoms with van der Waals surface area (Å²) >= 11 is 0. The molecule has 208 valence electrons. The number of fused-ring (bicyclic) bond motifs is 2. The van der Waals surface area contributed by atoms with Gasteiger partial charge in [-0.2, -0.15) is 10.1 Å². The Morgan fingerprint density at radius 3 is 2.73 bits per heavy atom. The van der Waals surface area contributed by atoms with Gasteiger partial charge in [0.2, 0.25) is 12.7 Å². The third-order valence-corrected chi connectivity index (χ3v) is 7.04. The van der Waals surface area contributed by atoms with Crippen molar-refractivity contribution in [2.45, 2.75) is 6.92 Å². The van der Waals surface area contributed by atoms with Crippen LogP contribution in [-0.4, -0.2) is 83.5 Å². The van der Waals surface area contributed by atoms with Crippen LogP contribution in [0.15, 0.2) is 48.9 Å². The Morgan fingerprint density at radius 1 is 1.07 bits per heavy atom. The summed E-state index contributed by atoms with van der Waals surface area (Å²) in [5, 5.41) is 6.95. The van der Waals surface area contributed by atoms with Gasteiger partial charge in [-0.05, 0) is 44.3 Å². The van der Waals surface area contributed by atoms with Crippen molar-refractivity contribution in [3.05, 3.63) is 65.9 Å². The number of rotatable bonds is 8. The average molecular weight is 549 g/mol. The average Bonchev–Trinajstić information content (AvgIpc) is 3.55. The van der Waals surface area contributed by atoms with Crippen LogP contribution in [0.4, 0.5) is 10.1 Å². The number of piperazine rings is 1. The third-order valence-electron chi connectivity index (χ3n) is 7.04. The molecule has 0 aliphatic carbocycles. The van der Waals surface area contributed by atoms with E-state index in [0.29, 0.717) is 34.9 Å². The van der Waals surface area contributed by atoms with Crippen molar-refractivity contribution in [1.29, 1.82) is 0 Å². The van der Waals surface area contributed by atoms with Gasteiger partial charge in [0, 0.05) is 55.6 Å². The Hall–Kier alpha value is -4.42. The first-order valence-electron chi connectivity index (χ1n) is 13.0. The second-order valence-electron chi connectivity index (χ2n) is 9.74. The highest BCUT2D eigenvalue weighted by Crippen LogP contribution is 2.34. The highest BCUT2D eigenvalue weighted by atomic mass is 19.1. The molecule has 0 atom stereocenters. The topological polar surface area (TPSA) is 103 Å². The van der Waals surface area contributed by atoms with E-state index in [1.807, 2.05) is 6.92 Å². The van der Waals surface area contributed by atoms with Crippen LogP contribution in [0.2, 0.25) is 0 Å². The maximum absolute atomic E-state index is 15.0. The molecule has 40 heavy (non-hydrogen) atoms. The van der Waals surface area contributed by atoms with E-state index in [4.69, 9.17) is 18.9 Å². The van der Waals surface area contributed by atoms with Gasteiger partial charge in [0.05, 0.1) is 6.20 Å². The molecule has 1 fully saturated rings. The molecule has 0 radical (unpaired) electrons. The van der Waals surface area contributed by atoms with Crippen molar-refractivity contribution in [2.75, 3.05) is 58.5 Å². The molecule has 0 bridgehead atoms. The molecule has 2 aliphatic heterocycles. The van der Waals surface area contributed by atoms with Crippen molar-refractivity contribution in [3.8, 4) is 28.9 Å². The molecule has 4 heterocycles. The number of benzene rings is 2. The van der Waals surface area contributed by atoms with Crippen LogP contribution in [0, 0.1) is 12.7 Å². The summed E-state index contributed by atoms with van der Waals surface area (Å²) in [6, 6.07) is 9.03. The quantitative estimate of drug-likeness (QED) is 0.354. The predicted molar refractivity (Wildman–Crippen MR) is 144 cm³/mol. The van der Waals surface area contributed by atoms with Crippen molar-refractivity contribution in [1.82, 2.24) is 24.4 Å². The van der Waals surface area contributed by atoms with Crippen molar-refractivity contribution in [2.24, 2.45) is 0 Å². The Kier molecular flexibility index (Phi) is 7.10. The molecular formula is C28H29FN6O5. The molecule has 2 aromatic carbocycles. The zero-order valence-corrected chi connectivity index (χ0v) is 22.2. The van der Waals surface area contributed by atoms with Gasteiger partial charge in [0.1, 0.15) is 24.2 Å². The fourth-order valence-electron chi connectivity index (χ4n) is 4.69. The van der Waals surface area contributed by atoms with E-state index in [1.165, 1.54) is 18.5 Å². The van der Waals surface area contributed by atoms with Gasteiger partial charge in [-0.1, -0.05) is 0 Å². The summed E-state index contributed by atoms with van der Waals surface area (Å²) in [5.74, 6) is 0.813. The minimum absolute atomic E-state index is 0.0418. The molecule has 11 nitrogen and oxygen atoms in total. The van der Waals surface area contributed by atoms with Crippen molar-refractivity contribution >= 4 is 17.1 Å². The molecule has 1 saturated heterocycles. The maximum atomic E-state index is 15.0. The van der Waals surface area contributed by atoms with Gasteiger partial charge in [0.25, 0.3) is 5.91 Å². The van der Waals surface area contributed by atoms with E-state index in [9.17, 15) is 4.79 Å². The van der Waals surface area contributed by atoms with Crippen LogP contribution in [-0.2, 0) is 0 Å². The second-order valence-corrected chi connectivity index (χ2v) is 9.74. The van der Waals surface area contributed by atoms with Gasteiger partial charge in [-0.15, -0.1) is 0 Å². The second kappa shape index (κ2) is 11.0. The highest BCUT2D eigenvalue weighted by Gasteiger charge is 2.20. The number of likely N-dealkylation sites (N-methyl/N-ethyl adjacent to an activating group) is 1. The Bertz CT molecular complexity index is 1550. The standard InChI is InChI=1S/C28H29FN6O5/c1-18-25(37-12-11-34-9-7-33(2)8-10-34)15-35-26(18)28(30-16-31-35)40-22-6-4-20(14-21(22)29)32-27(36)19-3-5-23-24(13-19)39-17-38-23/h3-6,13-16H,7-12,17H2,1-2H3,(H,32,36). The zero-order valence-electron chi connectivity index (χ0n) is 22.2. The van der Waals surface area contributed by atoms with E-state index in [1.54, 1.807) is 35.0 Å². The number of carbonyl (C=O) groups is 1. The van der Waals surface area contributed by atoms with Crippen LogP contribution in [0.5, 0.6) is 28.9 Å². The molecule has 0 saturated carbocycles. The fraction of sp³-hybridized carbons (Fsp3) is 0.321. The first-order chi connectivity index (χ1) is 19.4. The summed E-state index contributed by atoms with van der Waals surface area (Å²) < 4.78 is 39.2. The number of nitrogens with one attached hydrogen (secondary N) is 1. The van der Waals surface area contributed by atoms with Gasteiger partial charge < -0.3 is 29.2 Å². The van der Waals surface area contributed by atoms with Crippen LogP contribution in [0.25, 0.3) is 5.52 Å². The minimum atomic E-state index is -0.659. The lowest BCUT2D eigenvalue weighted by molar-refractivity contribution is 0.102. The number of hydrogen-bond acceptors (Lipinski definition) is 9. The highest BCUT2D eigenvalue weighted by molar-refractivity contribution is 6.04. The predicted octanol–water partition coefficient (Wildman–Crippen LogP) is 3.58. The van der Waals surface area contributed by atoms with E-state index in [-0.39, 0.29) is 24.1 Å². The number of amides is 1. The number of carbonyl (C=O) groups excluding carboxylic acids is 1. The lowest BCUT2D eigenvalue weighted by atomic mass is 10.2. The molecule has 4 aromatic rings. The number of halogens is 1. The lowest BCUT2D eigenvalue weighted by Crippen LogP contribution is -2.45. The number of ether oxygens (including phenoxy) is 4. The smallest absolute Gasteiger partial charge is 0.255 e. The number of aromatic nitrogens is 3. The zero-order chi connectivity index (χ0) is 27.6. The Labute approximate surface area is 230 Å². The summed E-state index contributed by atoms with van der Waals surface area (Å²) in [4.78, 5) is 21.6. The SMILES string of the molecule is Cc1c(OCCN2CCN(C)CC2)cn2ncnc(Oc3ccc(NC(=O)c4ccc5c(c4)OCO5)cc3F)c12. The molecular weight excluding hydrogens is 519 g/mol. The Morgan fingerprint density at radius 2 is 1.90 bits per heavy atom. The maximum Gasteiger partial charge on any atom is 0.255 e. The number of anilines is 1. The van der Waals surface area contributed by atoms with E-state index < -0.39 is 11.7 Å². The molecule has 12 heteroatoms. The summed E-state index contributed by atoms with van der Waals surface area (Å²) in [6.45, 7) is 7.52. The van der Waals surface area contributed by atoms with E-state index in [0.717, 1.165) is 38.3 Å². The molecule has 1 amide bonds. The van der Waals surface area contributed by atoms with Gasteiger partial charge in [0.15, 0.2) is 23.1 Å². The van der Waals surface area contributed by atoms with Crippen molar-refractivity contribution < 1.29 is 28.1 Å². The van der Waals surface area contributed by atoms with Crippen molar-refractivity contribution in [3.63, 3.8) is 0 Å². The molecule has 0 spiro atoms. The molecule has 0 unspecified atom stereocenters. The van der Waals surface area contributed by atoms with Gasteiger partial charge in [-0.25, -0.2) is 8.91 Å². The first-order valence-corrected chi connectivity index (χ1v) is 13.0. The largest absolute Gasteiger partial charge is 0.490 e. The summed E-state index contributed by atoms with van der Waals surface area (Å²) in [7, 11) is 2.13. The van der Waals surface area contributed by atoms with Crippen LogP contribution in [0.3, 0.4) is 0 Å². The third kappa shape index (κ3) is 5.36. The van der Waals surface area contributed by atoms with Gasteiger partial charge in [-0.3, -0.25) is 9.69 Å². The normalized spacial score (nSPS) is 15.4. The van der Waals surface area contributed by atoms with Crippen LogP contribution in [0.1, 0.15) is 15.9 Å². The van der Waals surface area contributed by atoms with Gasteiger partial charge >= 0.3 is 0 Å². The molecule has 6 rings (SSSR count). The summed E-state index contributed by atoms with van der Waals surface area (Å²) in [5.41, 5.74) is 2.01. The van der Waals surface area contributed by atoms with E-state index >= 15 is 4.39 Å². The van der Waals surface area contributed by atoms with Crippen LogP contribution >= 0.6 is 0 Å². The van der Waals surface area contributed by atoms with Crippen LogP contribution < -0.4 is 24.3 Å². The summed E-state index contributed by atoms with van der Waals surface area (Å²) in [6.07, 6.45) is 3.11. The molecule has 2 aliphatic rings. The number of nitrogens with zero attached hydrogens (tertiary/aromatic N) is 5. The molecule has 1 N–H and O–H groups in total. The number of aryl methyl sites for hydroxylation is 1. The monoisotopic (exact) mass is 548 g/mol. The van der Waals surface area contributed by atoms with E-state index in [2.05, 4.69) is 32.2 Å². The molecule has 2 aromatic heterocycles. The first kappa shape index (κ1) is 25.8. The minimum Gasteiger partial charge on any atom is -0.490 e. The fourth-order valence-corrected chi connectivity index (χ4v) is 4.69. The number of hydrogen-bond donors (Lipinski definition) is 1. The Balaban J connectivity index is 1.13. The lowest BCUT2D eigenvalue weighted by Gasteiger charge is -2.32.